The number of anilines is 4. The summed E-state index contributed by atoms with van der Waals surface area (Å²) in [6.45, 7) is 0. The lowest BCUT2D eigenvalue weighted by molar-refractivity contribution is -0.137. The number of aromatic nitrogens is 2. The van der Waals surface area contributed by atoms with Crippen molar-refractivity contribution in [1.29, 1.82) is 5.26 Å². The van der Waals surface area contributed by atoms with E-state index in [0.29, 0.717) is 16.9 Å². The van der Waals surface area contributed by atoms with Gasteiger partial charge in [0, 0.05) is 29.1 Å². The molecule has 2 aromatic carbocycles. The molecule has 28 heavy (non-hydrogen) atoms. The van der Waals surface area contributed by atoms with Crippen molar-refractivity contribution in [2.45, 2.75) is 6.18 Å². The van der Waals surface area contributed by atoms with Gasteiger partial charge in [-0.1, -0.05) is 15.9 Å². The van der Waals surface area contributed by atoms with E-state index in [-0.39, 0.29) is 11.8 Å². The van der Waals surface area contributed by atoms with Crippen LogP contribution < -0.4 is 10.2 Å². The predicted molar refractivity (Wildman–Crippen MR) is 104 cm³/mol. The maximum absolute atomic E-state index is 13.5. The summed E-state index contributed by atoms with van der Waals surface area (Å²) in [4.78, 5) is 9.19. The van der Waals surface area contributed by atoms with Gasteiger partial charge in [0.1, 0.15) is 5.56 Å². The van der Waals surface area contributed by atoms with Gasteiger partial charge in [0.25, 0.3) is 0 Å². The van der Waals surface area contributed by atoms with Gasteiger partial charge < -0.3 is 10.2 Å². The van der Waals surface area contributed by atoms with Crippen molar-refractivity contribution < 1.29 is 13.2 Å². The van der Waals surface area contributed by atoms with Crippen molar-refractivity contribution in [3.8, 4) is 6.07 Å². The van der Waals surface area contributed by atoms with Crippen LogP contribution in [0.1, 0.15) is 11.1 Å². The van der Waals surface area contributed by atoms with Gasteiger partial charge in [-0.3, -0.25) is 0 Å². The molecule has 1 aromatic heterocycles. The molecule has 0 bridgehead atoms. The Bertz CT molecular complexity index is 1010. The van der Waals surface area contributed by atoms with Gasteiger partial charge in [-0.15, -0.1) is 0 Å². The van der Waals surface area contributed by atoms with Gasteiger partial charge in [-0.2, -0.15) is 23.4 Å². The largest absolute Gasteiger partial charge is 0.421 e. The van der Waals surface area contributed by atoms with Crippen molar-refractivity contribution in [1.82, 2.24) is 9.97 Å². The number of halogens is 4. The highest BCUT2D eigenvalue weighted by Gasteiger charge is 2.36. The molecule has 1 heterocycles. The molecular formula is C19H13BrF3N5. The van der Waals surface area contributed by atoms with E-state index < -0.39 is 11.7 Å². The van der Waals surface area contributed by atoms with Crippen LogP contribution in [0.15, 0.2) is 59.2 Å². The number of benzene rings is 2. The second-order valence-electron chi connectivity index (χ2n) is 5.78. The first-order valence-corrected chi connectivity index (χ1v) is 8.78. The van der Waals surface area contributed by atoms with Crippen molar-refractivity contribution in [3.63, 3.8) is 0 Å². The fraction of sp³-hybridized carbons (Fsp3) is 0.105. The van der Waals surface area contributed by atoms with Gasteiger partial charge in [-0.05, 0) is 48.5 Å². The van der Waals surface area contributed by atoms with E-state index in [1.165, 1.54) is 24.1 Å². The second kappa shape index (κ2) is 7.86. The predicted octanol–water partition coefficient (Wildman–Crippen LogP) is 5.64. The summed E-state index contributed by atoms with van der Waals surface area (Å²) in [7, 11) is 1.47. The maximum atomic E-state index is 13.5. The molecule has 3 aromatic rings. The maximum Gasteiger partial charge on any atom is 0.421 e. The Kier molecular flexibility index (Phi) is 5.51. The minimum atomic E-state index is -4.62. The lowest BCUT2D eigenvalue weighted by Gasteiger charge is -2.23. The van der Waals surface area contributed by atoms with Crippen LogP contribution in [0, 0.1) is 11.3 Å². The van der Waals surface area contributed by atoms with Crippen LogP contribution in [0.4, 0.5) is 36.3 Å². The van der Waals surface area contributed by atoms with Crippen LogP contribution in [0.2, 0.25) is 0 Å². The highest BCUT2D eigenvalue weighted by Crippen LogP contribution is 2.37. The Hall–Kier alpha value is -3.12. The van der Waals surface area contributed by atoms with E-state index in [9.17, 15) is 13.2 Å². The lowest BCUT2D eigenvalue weighted by Crippen LogP contribution is -2.19. The second-order valence-corrected chi connectivity index (χ2v) is 6.69. The monoisotopic (exact) mass is 447 g/mol. The third kappa shape index (κ3) is 4.40. The molecule has 0 amide bonds. The number of nitrogens with zero attached hydrogens (tertiary/aromatic N) is 4. The van der Waals surface area contributed by atoms with Gasteiger partial charge in [-0.25, -0.2) is 4.98 Å². The van der Waals surface area contributed by atoms with Gasteiger partial charge in [0.15, 0.2) is 5.82 Å². The Morgan fingerprint density at radius 2 is 1.71 bits per heavy atom. The van der Waals surface area contributed by atoms with Gasteiger partial charge in [0.05, 0.1) is 11.6 Å². The number of rotatable bonds is 4. The third-order valence-electron chi connectivity index (χ3n) is 3.88. The average molecular weight is 448 g/mol. The van der Waals surface area contributed by atoms with Crippen LogP contribution in [0.5, 0.6) is 0 Å². The highest BCUT2D eigenvalue weighted by molar-refractivity contribution is 9.10. The smallest absolute Gasteiger partial charge is 0.329 e. The molecule has 0 saturated heterocycles. The molecule has 0 radical (unpaired) electrons. The zero-order valence-corrected chi connectivity index (χ0v) is 16.1. The first-order valence-electron chi connectivity index (χ1n) is 7.98. The Labute approximate surface area is 167 Å². The summed E-state index contributed by atoms with van der Waals surface area (Å²) >= 11 is 3.32. The van der Waals surface area contributed by atoms with Crippen molar-refractivity contribution >= 4 is 39.1 Å². The molecule has 9 heteroatoms. The normalized spacial score (nSPS) is 11.0. The van der Waals surface area contributed by atoms with Crippen molar-refractivity contribution in [2.75, 3.05) is 17.3 Å². The minimum Gasteiger partial charge on any atom is -0.329 e. The molecule has 0 fully saturated rings. The van der Waals surface area contributed by atoms with Crippen LogP contribution >= 0.6 is 15.9 Å². The molecular weight excluding hydrogens is 435 g/mol. The molecule has 0 unspecified atom stereocenters. The quantitative estimate of drug-likeness (QED) is 0.560. The topological polar surface area (TPSA) is 64.8 Å². The summed E-state index contributed by atoms with van der Waals surface area (Å²) in [5, 5.41) is 11.8. The Morgan fingerprint density at radius 1 is 1.07 bits per heavy atom. The molecule has 0 saturated carbocycles. The molecule has 1 N–H and O–H groups in total. The molecule has 0 atom stereocenters. The van der Waals surface area contributed by atoms with E-state index in [4.69, 9.17) is 5.26 Å². The lowest BCUT2D eigenvalue weighted by atomic mass is 10.2. The number of nitriles is 1. The summed E-state index contributed by atoms with van der Waals surface area (Å²) in [6, 6.07) is 15.2. The number of hydrogen-bond acceptors (Lipinski definition) is 5. The van der Waals surface area contributed by atoms with Crippen LogP contribution in [0.25, 0.3) is 0 Å². The number of nitrogens with one attached hydrogen (secondary N) is 1. The van der Waals surface area contributed by atoms with Crippen molar-refractivity contribution in [2.24, 2.45) is 0 Å². The standard InChI is InChI=1S/C19H13BrF3N5/c1-28(15-8-2-12(10-24)3-9-15)17-16(19(21,22)23)11-25-18(27-17)26-14-6-4-13(20)5-7-14/h2-9,11H,1H3,(H,25,26,27). The van der Waals surface area contributed by atoms with Crippen molar-refractivity contribution in [3.05, 3.63) is 70.3 Å². The van der Waals surface area contributed by atoms with E-state index in [0.717, 1.165) is 10.7 Å². The SMILES string of the molecule is CN(c1ccc(C#N)cc1)c1nc(Nc2ccc(Br)cc2)ncc1C(F)(F)F. The summed E-state index contributed by atoms with van der Waals surface area (Å²) < 4.78 is 41.3. The van der Waals surface area contributed by atoms with Gasteiger partial charge >= 0.3 is 6.18 Å². The first kappa shape index (κ1) is 19.6. The zero-order valence-electron chi connectivity index (χ0n) is 14.5. The van der Waals surface area contributed by atoms with E-state index in [1.54, 1.807) is 36.4 Å². The van der Waals surface area contributed by atoms with E-state index in [2.05, 4.69) is 31.2 Å². The fourth-order valence-corrected chi connectivity index (χ4v) is 2.70. The third-order valence-corrected chi connectivity index (χ3v) is 4.40. The highest BCUT2D eigenvalue weighted by atomic mass is 79.9. The Morgan fingerprint density at radius 3 is 2.29 bits per heavy atom. The molecule has 142 valence electrons. The summed E-state index contributed by atoms with van der Waals surface area (Å²) in [6.07, 6.45) is -3.87. The molecule has 0 spiro atoms. The Balaban J connectivity index is 2.00. The van der Waals surface area contributed by atoms with Crippen LogP contribution in [0.3, 0.4) is 0 Å². The number of alkyl halides is 3. The first-order chi connectivity index (χ1) is 13.3. The van der Waals surface area contributed by atoms with Gasteiger partial charge in [0.2, 0.25) is 5.95 Å². The molecule has 0 aliphatic heterocycles. The minimum absolute atomic E-state index is 0.0332. The average Bonchev–Trinajstić information content (AvgIpc) is 2.68. The summed E-state index contributed by atoms with van der Waals surface area (Å²) in [5.74, 6) is -0.266. The van der Waals surface area contributed by atoms with E-state index >= 15 is 0 Å². The molecule has 5 nitrogen and oxygen atoms in total. The molecule has 3 rings (SSSR count). The van der Waals surface area contributed by atoms with Crippen LogP contribution in [-0.4, -0.2) is 17.0 Å². The van der Waals surface area contributed by atoms with Crippen LogP contribution in [-0.2, 0) is 6.18 Å². The zero-order chi connectivity index (χ0) is 20.3. The number of hydrogen-bond donors (Lipinski definition) is 1. The van der Waals surface area contributed by atoms with E-state index in [1.807, 2.05) is 6.07 Å². The summed E-state index contributed by atoms with van der Waals surface area (Å²) in [5.41, 5.74) is 0.543. The molecule has 0 aliphatic carbocycles. The fourth-order valence-electron chi connectivity index (χ4n) is 2.43. The molecule has 0 aliphatic rings.